The van der Waals surface area contributed by atoms with E-state index in [1.165, 1.54) is 0 Å². The molecular formula is C14H14N2O4. The van der Waals surface area contributed by atoms with E-state index in [-0.39, 0.29) is 18.4 Å². The van der Waals surface area contributed by atoms with Crippen LogP contribution in [0.4, 0.5) is 0 Å². The zero-order chi connectivity index (χ0) is 14.1. The molecule has 1 aliphatic heterocycles. The van der Waals surface area contributed by atoms with Gasteiger partial charge in [-0.1, -0.05) is 12.1 Å². The molecule has 3 rings (SSSR count). The van der Waals surface area contributed by atoms with Crippen molar-refractivity contribution in [3.8, 4) is 5.75 Å². The van der Waals surface area contributed by atoms with Gasteiger partial charge in [0.05, 0.1) is 32.3 Å². The summed E-state index contributed by atoms with van der Waals surface area (Å²) in [4.78, 5) is 14.9. The Morgan fingerprint density at radius 3 is 2.85 bits per heavy atom. The first-order valence-electron chi connectivity index (χ1n) is 6.22. The van der Waals surface area contributed by atoms with Crippen LogP contribution in [0.2, 0.25) is 0 Å². The number of nitrogens with zero attached hydrogens (tertiary/aromatic N) is 2. The standard InChI is InChI=1S/C14H14N2O4/c1-19-10-4-2-9(3-5-10)12-6-16-8-15-13(14(17)18)11(16)7-20-12/h2-5,8,12H,6-7H2,1H3,(H,17,18)/t12-/m1/s1. The van der Waals surface area contributed by atoms with Gasteiger partial charge in [-0.2, -0.15) is 0 Å². The van der Waals surface area contributed by atoms with E-state index >= 15 is 0 Å². The van der Waals surface area contributed by atoms with Crippen LogP contribution < -0.4 is 4.74 Å². The Morgan fingerprint density at radius 1 is 1.45 bits per heavy atom. The quantitative estimate of drug-likeness (QED) is 0.924. The van der Waals surface area contributed by atoms with Crippen molar-refractivity contribution >= 4 is 5.97 Å². The van der Waals surface area contributed by atoms with Crippen molar-refractivity contribution in [3.05, 3.63) is 47.5 Å². The Hall–Kier alpha value is -2.34. The lowest BCUT2D eigenvalue weighted by Gasteiger charge is -2.25. The number of imidazole rings is 1. The van der Waals surface area contributed by atoms with Crippen molar-refractivity contribution < 1.29 is 19.4 Å². The fraction of sp³-hybridized carbons (Fsp3) is 0.286. The van der Waals surface area contributed by atoms with Crippen molar-refractivity contribution in [1.29, 1.82) is 0 Å². The van der Waals surface area contributed by atoms with Crippen LogP contribution in [0.1, 0.15) is 27.8 Å². The Kier molecular flexibility index (Phi) is 3.15. The Balaban J connectivity index is 1.83. The summed E-state index contributed by atoms with van der Waals surface area (Å²) in [6, 6.07) is 7.66. The molecule has 2 aromatic rings. The van der Waals surface area contributed by atoms with Crippen LogP contribution in [0.25, 0.3) is 0 Å². The SMILES string of the molecule is COc1ccc([C@H]2Cn3cnc(C(=O)O)c3CO2)cc1. The van der Waals surface area contributed by atoms with Crippen molar-refractivity contribution in [2.75, 3.05) is 7.11 Å². The van der Waals surface area contributed by atoms with Gasteiger partial charge in [0, 0.05) is 0 Å². The van der Waals surface area contributed by atoms with Crippen LogP contribution in [0.15, 0.2) is 30.6 Å². The highest BCUT2D eigenvalue weighted by atomic mass is 16.5. The van der Waals surface area contributed by atoms with Crippen LogP contribution in [0.5, 0.6) is 5.75 Å². The largest absolute Gasteiger partial charge is 0.497 e. The minimum atomic E-state index is -1.02. The van der Waals surface area contributed by atoms with Crippen LogP contribution in [0.3, 0.4) is 0 Å². The molecule has 0 radical (unpaired) electrons. The maximum absolute atomic E-state index is 11.0. The third kappa shape index (κ3) is 2.14. The number of carboxylic acids is 1. The van der Waals surface area contributed by atoms with Gasteiger partial charge >= 0.3 is 5.97 Å². The second-order valence-corrected chi connectivity index (χ2v) is 4.57. The van der Waals surface area contributed by atoms with Gasteiger partial charge in [0.25, 0.3) is 0 Å². The van der Waals surface area contributed by atoms with Gasteiger partial charge in [0.1, 0.15) is 11.9 Å². The monoisotopic (exact) mass is 274 g/mol. The molecule has 1 atom stereocenters. The van der Waals surface area contributed by atoms with Gasteiger partial charge in [0.15, 0.2) is 5.69 Å². The zero-order valence-electron chi connectivity index (χ0n) is 10.9. The lowest BCUT2D eigenvalue weighted by Crippen LogP contribution is -2.21. The van der Waals surface area contributed by atoms with Crippen molar-refractivity contribution in [3.63, 3.8) is 0 Å². The normalized spacial score (nSPS) is 17.6. The molecular weight excluding hydrogens is 260 g/mol. The maximum Gasteiger partial charge on any atom is 0.356 e. The summed E-state index contributed by atoms with van der Waals surface area (Å²) in [5, 5.41) is 9.03. The van der Waals surface area contributed by atoms with E-state index in [1.54, 1.807) is 13.4 Å². The molecule has 1 aliphatic rings. The highest BCUT2D eigenvalue weighted by molar-refractivity contribution is 5.86. The molecule has 1 N–H and O–H groups in total. The lowest BCUT2D eigenvalue weighted by molar-refractivity contribution is 0.00218. The fourth-order valence-corrected chi connectivity index (χ4v) is 2.33. The predicted molar refractivity (Wildman–Crippen MR) is 69.7 cm³/mol. The number of carbonyl (C=O) groups is 1. The number of hydrogen-bond donors (Lipinski definition) is 1. The molecule has 6 nitrogen and oxygen atoms in total. The van der Waals surface area contributed by atoms with Crippen molar-refractivity contribution in [1.82, 2.24) is 9.55 Å². The van der Waals surface area contributed by atoms with E-state index in [9.17, 15) is 4.79 Å². The van der Waals surface area contributed by atoms with Gasteiger partial charge in [0.2, 0.25) is 0 Å². The van der Waals surface area contributed by atoms with E-state index in [1.807, 2.05) is 28.8 Å². The predicted octanol–water partition coefficient (Wildman–Crippen LogP) is 1.86. The molecule has 0 unspecified atom stereocenters. The minimum absolute atomic E-state index is 0.0678. The third-order valence-electron chi connectivity index (χ3n) is 3.42. The molecule has 1 aromatic carbocycles. The second-order valence-electron chi connectivity index (χ2n) is 4.57. The molecule has 6 heteroatoms. The van der Waals surface area contributed by atoms with E-state index in [0.29, 0.717) is 12.2 Å². The number of fused-ring (bicyclic) bond motifs is 1. The first-order chi connectivity index (χ1) is 9.69. The maximum atomic E-state index is 11.0. The van der Waals surface area contributed by atoms with Gasteiger partial charge in [-0.15, -0.1) is 0 Å². The van der Waals surface area contributed by atoms with E-state index in [4.69, 9.17) is 14.6 Å². The van der Waals surface area contributed by atoms with E-state index < -0.39 is 5.97 Å². The first-order valence-corrected chi connectivity index (χ1v) is 6.22. The molecule has 0 aliphatic carbocycles. The molecule has 2 heterocycles. The number of aromatic carboxylic acids is 1. The summed E-state index contributed by atoms with van der Waals surface area (Å²) in [7, 11) is 1.62. The summed E-state index contributed by atoms with van der Waals surface area (Å²) in [5.41, 5.74) is 1.71. The molecule has 1 aromatic heterocycles. The molecule has 20 heavy (non-hydrogen) atoms. The molecule has 0 bridgehead atoms. The van der Waals surface area contributed by atoms with E-state index in [0.717, 1.165) is 11.3 Å². The van der Waals surface area contributed by atoms with Crippen LogP contribution >= 0.6 is 0 Å². The summed E-state index contributed by atoms with van der Waals surface area (Å²) in [5.74, 6) is -0.230. The molecule has 104 valence electrons. The average Bonchev–Trinajstić information content (AvgIpc) is 2.90. The summed E-state index contributed by atoms with van der Waals surface area (Å²) < 4.78 is 12.7. The molecule has 0 fully saturated rings. The van der Waals surface area contributed by atoms with Gasteiger partial charge < -0.3 is 19.1 Å². The Morgan fingerprint density at radius 2 is 2.20 bits per heavy atom. The summed E-state index contributed by atoms with van der Waals surface area (Å²) >= 11 is 0. The number of hydrogen-bond acceptors (Lipinski definition) is 4. The number of aromatic nitrogens is 2. The fourth-order valence-electron chi connectivity index (χ4n) is 2.33. The van der Waals surface area contributed by atoms with Crippen molar-refractivity contribution in [2.45, 2.75) is 19.3 Å². The topological polar surface area (TPSA) is 73.6 Å². The Labute approximate surface area is 115 Å². The van der Waals surface area contributed by atoms with Crippen LogP contribution in [-0.2, 0) is 17.9 Å². The third-order valence-corrected chi connectivity index (χ3v) is 3.42. The lowest BCUT2D eigenvalue weighted by atomic mass is 10.1. The smallest absolute Gasteiger partial charge is 0.356 e. The van der Waals surface area contributed by atoms with E-state index in [2.05, 4.69) is 4.98 Å². The highest BCUT2D eigenvalue weighted by Crippen LogP contribution is 2.28. The second kappa shape index (κ2) is 4.97. The summed E-state index contributed by atoms with van der Waals surface area (Å²) in [6.07, 6.45) is 1.45. The number of benzene rings is 1. The van der Waals surface area contributed by atoms with Gasteiger partial charge in [-0.3, -0.25) is 0 Å². The van der Waals surface area contributed by atoms with Crippen molar-refractivity contribution in [2.24, 2.45) is 0 Å². The highest BCUT2D eigenvalue weighted by Gasteiger charge is 2.25. The van der Waals surface area contributed by atoms with Crippen LogP contribution in [-0.4, -0.2) is 27.7 Å². The van der Waals surface area contributed by atoms with Crippen LogP contribution in [0, 0.1) is 0 Å². The zero-order valence-corrected chi connectivity index (χ0v) is 10.9. The van der Waals surface area contributed by atoms with Gasteiger partial charge in [-0.05, 0) is 17.7 Å². The number of carboxylic acid groups (broad SMARTS) is 1. The van der Waals surface area contributed by atoms with Gasteiger partial charge in [-0.25, -0.2) is 9.78 Å². The number of ether oxygens (including phenoxy) is 2. The minimum Gasteiger partial charge on any atom is -0.497 e. The molecule has 0 amide bonds. The molecule has 0 saturated carbocycles. The average molecular weight is 274 g/mol. The molecule has 0 spiro atoms. The number of methoxy groups -OCH3 is 1. The molecule has 0 saturated heterocycles. The summed E-state index contributed by atoms with van der Waals surface area (Å²) in [6.45, 7) is 0.806. The number of rotatable bonds is 3. The first kappa shape index (κ1) is 12.7. The Bertz CT molecular complexity index is 633.